The molecule has 1 N–H and O–H groups in total. The van der Waals surface area contributed by atoms with Crippen molar-refractivity contribution >= 4 is 0 Å². The third kappa shape index (κ3) is 7.08. The predicted octanol–water partition coefficient (Wildman–Crippen LogP) is 4.30. The maximum atomic E-state index is 3.70. The van der Waals surface area contributed by atoms with Crippen molar-refractivity contribution < 1.29 is 0 Å². The van der Waals surface area contributed by atoms with E-state index < -0.39 is 0 Å². The zero-order valence-electron chi connectivity index (χ0n) is 14.9. The highest BCUT2D eigenvalue weighted by molar-refractivity contribution is 4.83. The molecule has 0 heterocycles. The Hall–Kier alpha value is -0.0800. The maximum absolute atomic E-state index is 3.70. The van der Waals surface area contributed by atoms with Gasteiger partial charge in [0.2, 0.25) is 0 Å². The summed E-state index contributed by atoms with van der Waals surface area (Å²) in [5, 5.41) is 3.70. The molecular weight excluding hydrogens is 244 g/mol. The van der Waals surface area contributed by atoms with Crippen LogP contribution in [-0.4, -0.2) is 37.1 Å². The Bertz CT molecular complexity index is 263. The topological polar surface area (TPSA) is 15.3 Å². The molecule has 0 amide bonds. The molecule has 20 heavy (non-hydrogen) atoms. The summed E-state index contributed by atoms with van der Waals surface area (Å²) >= 11 is 0. The standard InChI is InChI=1S/C18H38N2/c1-7-18(5,14-19-17(2,3)4)15-20(6)13-16-11-9-8-10-12-16/h16,19H,7-15H2,1-6H3. The van der Waals surface area contributed by atoms with Gasteiger partial charge in [-0.3, -0.25) is 0 Å². The molecule has 1 aliphatic rings. The van der Waals surface area contributed by atoms with Gasteiger partial charge in [-0.2, -0.15) is 0 Å². The van der Waals surface area contributed by atoms with E-state index in [1.165, 1.54) is 51.6 Å². The van der Waals surface area contributed by atoms with Crippen LogP contribution in [0.25, 0.3) is 0 Å². The average molecular weight is 283 g/mol. The Morgan fingerprint density at radius 2 is 1.65 bits per heavy atom. The molecule has 2 heteroatoms. The monoisotopic (exact) mass is 282 g/mol. The fraction of sp³-hybridized carbons (Fsp3) is 1.00. The molecule has 2 nitrogen and oxygen atoms in total. The molecule has 0 radical (unpaired) electrons. The van der Waals surface area contributed by atoms with Gasteiger partial charge in [0.05, 0.1) is 0 Å². The van der Waals surface area contributed by atoms with Crippen LogP contribution in [0.5, 0.6) is 0 Å². The lowest BCUT2D eigenvalue weighted by Gasteiger charge is -2.37. The van der Waals surface area contributed by atoms with Crippen molar-refractivity contribution in [3.05, 3.63) is 0 Å². The fourth-order valence-electron chi connectivity index (χ4n) is 3.30. The molecule has 1 aliphatic carbocycles. The molecular formula is C18H38N2. The Kier molecular flexibility index (Phi) is 7.00. The van der Waals surface area contributed by atoms with Crippen molar-refractivity contribution in [2.24, 2.45) is 11.3 Å². The van der Waals surface area contributed by atoms with Crippen molar-refractivity contribution in [1.29, 1.82) is 0 Å². The highest BCUT2D eigenvalue weighted by atomic mass is 15.1. The zero-order valence-corrected chi connectivity index (χ0v) is 14.9. The van der Waals surface area contributed by atoms with Gasteiger partial charge in [0, 0.05) is 25.2 Å². The largest absolute Gasteiger partial charge is 0.311 e. The van der Waals surface area contributed by atoms with Crippen LogP contribution >= 0.6 is 0 Å². The van der Waals surface area contributed by atoms with E-state index in [0.717, 1.165) is 12.5 Å². The normalized spacial score (nSPS) is 21.1. The van der Waals surface area contributed by atoms with E-state index in [1.807, 2.05) is 0 Å². The third-order valence-electron chi connectivity index (χ3n) is 4.85. The van der Waals surface area contributed by atoms with Crippen molar-refractivity contribution in [1.82, 2.24) is 10.2 Å². The Labute approximate surface area is 127 Å². The first-order valence-corrected chi connectivity index (χ1v) is 8.68. The van der Waals surface area contributed by atoms with Crippen LogP contribution in [-0.2, 0) is 0 Å². The highest BCUT2D eigenvalue weighted by Gasteiger charge is 2.27. The minimum absolute atomic E-state index is 0.221. The first-order chi connectivity index (χ1) is 9.24. The fourth-order valence-corrected chi connectivity index (χ4v) is 3.30. The summed E-state index contributed by atoms with van der Waals surface area (Å²) in [6, 6.07) is 0. The molecule has 120 valence electrons. The van der Waals surface area contributed by atoms with E-state index in [0.29, 0.717) is 5.41 Å². The minimum atomic E-state index is 0.221. The maximum Gasteiger partial charge on any atom is 0.00967 e. The number of nitrogens with one attached hydrogen (secondary N) is 1. The van der Waals surface area contributed by atoms with Gasteiger partial charge in [0.1, 0.15) is 0 Å². The van der Waals surface area contributed by atoms with E-state index in [-0.39, 0.29) is 5.54 Å². The molecule has 0 aromatic carbocycles. The summed E-state index contributed by atoms with van der Waals surface area (Å²) in [5.41, 5.74) is 0.606. The predicted molar refractivity (Wildman–Crippen MR) is 90.2 cm³/mol. The van der Waals surface area contributed by atoms with Gasteiger partial charge in [-0.15, -0.1) is 0 Å². The Balaban J connectivity index is 2.40. The molecule has 0 spiro atoms. The first kappa shape index (κ1) is 18.0. The Morgan fingerprint density at radius 1 is 1.05 bits per heavy atom. The van der Waals surface area contributed by atoms with Crippen molar-refractivity contribution in [3.63, 3.8) is 0 Å². The highest BCUT2D eigenvalue weighted by Crippen LogP contribution is 2.27. The minimum Gasteiger partial charge on any atom is -0.311 e. The second-order valence-corrected chi connectivity index (χ2v) is 8.47. The lowest BCUT2D eigenvalue weighted by Crippen LogP contribution is -2.47. The van der Waals surface area contributed by atoms with Crippen LogP contribution < -0.4 is 5.32 Å². The van der Waals surface area contributed by atoms with Crippen LogP contribution in [0.3, 0.4) is 0 Å². The molecule has 0 bridgehead atoms. The average Bonchev–Trinajstić information content (AvgIpc) is 2.37. The zero-order chi connectivity index (χ0) is 15.2. The third-order valence-corrected chi connectivity index (χ3v) is 4.85. The van der Waals surface area contributed by atoms with Crippen LogP contribution in [0.1, 0.15) is 73.1 Å². The summed E-state index contributed by atoms with van der Waals surface area (Å²) in [7, 11) is 2.32. The molecule has 1 atom stereocenters. The second-order valence-electron chi connectivity index (χ2n) is 8.47. The molecule has 0 aliphatic heterocycles. The van der Waals surface area contributed by atoms with Crippen molar-refractivity contribution in [2.45, 2.75) is 78.7 Å². The Morgan fingerprint density at radius 3 is 2.15 bits per heavy atom. The van der Waals surface area contributed by atoms with E-state index >= 15 is 0 Å². The summed E-state index contributed by atoms with van der Waals surface area (Å²) < 4.78 is 0. The molecule has 1 unspecified atom stereocenters. The number of hydrogen-bond donors (Lipinski definition) is 1. The van der Waals surface area contributed by atoms with Gasteiger partial charge >= 0.3 is 0 Å². The molecule has 0 aromatic rings. The number of nitrogens with zero attached hydrogens (tertiary/aromatic N) is 1. The van der Waals surface area contributed by atoms with Crippen LogP contribution in [0, 0.1) is 11.3 Å². The quantitative estimate of drug-likeness (QED) is 0.749. The lowest BCUT2D eigenvalue weighted by molar-refractivity contribution is 0.143. The van der Waals surface area contributed by atoms with Crippen molar-refractivity contribution in [2.75, 3.05) is 26.7 Å². The van der Waals surface area contributed by atoms with Gasteiger partial charge in [0.15, 0.2) is 0 Å². The van der Waals surface area contributed by atoms with Gasteiger partial charge in [-0.25, -0.2) is 0 Å². The van der Waals surface area contributed by atoms with Crippen molar-refractivity contribution in [3.8, 4) is 0 Å². The summed E-state index contributed by atoms with van der Waals surface area (Å²) in [6.45, 7) is 15.2. The summed E-state index contributed by atoms with van der Waals surface area (Å²) in [4.78, 5) is 2.59. The first-order valence-electron chi connectivity index (χ1n) is 8.68. The SMILES string of the molecule is CCC(C)(CNC(C)(C)C)CN(C)CC1CCCCC1. The molecule has 0 saturated heterocycles. The smallest absolute Gasteiger partial charge is 0.00967 e. The van der Waals surface area contributed by atoms with Crippen LogP contribution in [0.15, 0.2) is 0 Å². The van der Waals surface area contributed by atoms with Gasteiger partial charge in [-0.1, -0.05) is 33.1 Å². The summed E-state index contributed by atoms with van der Waals surface area (Å²) in [5.74, 6) is 0.949. The van der Waals surface area contributed by atoms with E-state index in [1.54, 1.807) is 0 Å². The number of hydrogen-bond acceptors (Lipinski definition) is 2. The van der Waals surface area contributed by atoms with E-state index in [4.69, 9.17) is 0 Å². The lowest BCUT2D eigenvalue weighted by atomic mass is 9.84. The van der Waals surface area contributed by atoms with E-state index in [2.05, 4.69) is 51.9 Å². The van der Waals surface area contributed by atoms with E-state index in [9.17, 15) is 0 Å². The molecule has 1 saturated carbocycles. The van der Waals surface area contributed by atoms with Crippen LogP contribution in [0.4, 0.5) is 0 Å². The van der Waals surface area contributed by atoms with Crippen LogP contribution in [0.2, 0.25) is 0 Å². The second kappa shape index (κ2) is 7.79. The van der Waals surface area contributed by atoms with Gasteiger partial charge < -0.3 is 10.2 Å². The summed E-state index contributed by atoms with van der Waals surface area (Å²) in [6.07, 6.45) is 8.51. The molecule has 1 rings (SSSR count). The van der Waals surface area contributed by atoms with Gasteiger partial charge in [0.25, 0.3) is 0 Å². The molecule has 0 aromatic heterocycles. The van der Waals surface area contributed by atoms with Gasteiger partial charge in [-0.05, 0) is 58.4 Å². The number of rotatable bonds is 7. The molecule has 1 fully saturated rings.